The zero-order valence-electron chi connectivity index (χ0n) is 11.9. The fourth-order valence-electron chi connectivity index (χ4n) is 1.86. The number of thiophene rings is 1. The van der Waals surface area contributed by atoms with E-state index in [9.17, 15) is 4.79 Å². The first-order valence-corrected chi connectivity index (χ1v) is 7.25. The molecule has 0 spiro atoms. The van der Waals surface area contributed by atoms with Gasteiger partial charge < -0.3 is 16.3 Å². The maximum absolute atomic E-state index is 12.0. The predicted molar refractivity (Wildman–Crippen MR) is 83.9 cm³/mol. The lowest BCUT2D eigenvalue weighted by Crippen LogP contribution is -2.22. The number of nitrogens with two attached hydrogens (primary N) is 1. The van der Waals surface area contributed by atoms with E-state index < -0.39 is 0 Å². The number of nitrogens with one attached hydrogen (secondary N) is 1. The van der Waals surface area contributed by atoms with Crippen molar-refractivity contribution in [1.82, 2.24) is 5.32 Å². The third-order valence-electron chi connectivity index (χ3n) is 3.19. The summed E-state index contributed by atoms with van der Waals surface area (Å²) in [5, 5.41) is 14.4. The fraction of sp³-hybridized carbons (Fsp3) is 0.200. The van der Waals surface area contributed by atoms with Crippen LogP contribution in [0, 0.1) is 13.8 Å². The van der Waals surface area contributed by atoms with Gasteiger partial charge in [-0.25, -0.2) is 0 Å². The molecular formula is C15H17N3O2S. The monoisotopic (exact) mass is 303 g/mol. The molecule has 2 aromatic rings. The third kappa shape index (κ3) is 3.61. The number of benzene rings is 1. The van der Waals surface area contributed by atoms with Crippen LogP contribution in [0.25, 0.3) is 0 Å². The van der Waals surface area contributed by atoms with E-state index in [1.54, 1.807) is 35.6 Å². The standard InChI is InChI=1S/C15H17N3O2S/c1-9-7-13(21-10(9)2)8-17-15(19)12-5-3-11(4-6-12)14(16)18-20/h3-7,20H,8H2,1-2H3,(H2,16,18)(H,17,19). The average molecular weight is 303 g/mol. The molecule has 0 aliphatic heterocycles. The molecule has 1 heterocycles. The van der Waals surface area contributed by atoms with Crippen LogP contribution in [0.15, 0.2) is 35.5 Å². The number of hydrogen-bond acceptors (Lipinski definition) is 4. The van der Waals surface area contributed by atoms with Gasteiger partial charge >= 0.3 is 0 Å². The molecule has 4 N–H and O–H groups in total. The van der Waals surface area contributed by atoms with Crippen LogP contribution in [0.3, 0.4) is 0 Å². The maximum atomic E-state index is 12.0. The number of aryl methyl sites for hydroxylation is 2. The van der Waals surface area contributed by atoms with Gasteiger partial charge in [-0.2, -0.15) is 0 Å². The molecule has 6 heteroatoms. The minimum atomic E-state index is -0.148. The van der Waals surface area contributed by atoms with Crippen LogP contribution in [-0.4, -0.2) is 17.0 Å². The molecule has 21 heavy (non-hydrogen) atoms. The highest BCUT2D eigenvalue weighted by Crippen LogP contribution is 2.20. The smallest absolute Gasteiger partial charge is 0.251 e. The van der Waals surface area contributed by atoms with Gasteiger partial charge in [0.25, 0.3) is 5.91 Å². The Labute approximate surface area is 127 Å². The van der Waals surface area contributed by atoms with E-state index in [0.29, 0.717) is 17.7 Å². The van der Waals surface area contributed by atoms with Crippen LogP contribution in [0.1, 0.15) is 31.2 Å². The summed E-state index contributed by atoms with van der Waals surface area (Å²) in [7, 11) is 0. The summed E-state index contributed by atoms with van der Waals surface area (Å²) in [6.07, 6.45) is 0. The third-order valence-corrected chi connectivity index (χ3v) is 4.34. The highest BCUT2D eigenvalue weighted by Gasteiger charge is 2.08. The molecule has 0 aliphatic carbocycles. The number of carbonyl (C=O) groups is 1. The number of amidine groups is 1. The lowest BCUT2D eigenvalue weighted by atomic mass is 10.1. The molecule has 0 saturated heterocycles. The Hall–Kier alpha value is -2.34. The van der Waals surface area contributed by atoms with Crippen molar-refractivity contribution >= 4 is 23.1 Å². The van der Waals surface area contributed by atoms with Crippen LogP contribution in [0.5, 0.6) is 0 Å². The van der Waals surface area contributed by atoms with Gasteiger partial charge in [0.15, 0.2) is 5.84 Å². The minimum Gasteiger partial charge on any atom is -0.409 e. The highest BCUT2D eigenvalue weighted by atomic mass is 32.1. The summed E-state index contributed by atoms with van der Waals surface area (Å²) < 4.78 is 0. The van der Waals surface area contributed by atoms with Crippen molar-refractivity contribution in [3.05, 3.63) is 56.8 Å². The van der Waals surface area contributed by atoms with Crippen molar-refractivity contribution < 1.29 is 10.0 Å². The van der Waals surface area contributed by atoms with Crippen molar-refractivity contribution in [2.45, 2.75) is 20.4 Å². The van der Waals surface area contributed by atoms with Crippen molar-refractivity contribution in [3.8, 4) is 0 Å². The maximum Gasteiger partial charge on any atom is 0.251 e. The number of carbonyl (C=O) groups excluding carboxylic acids is 1. The van der Waals surface area contributed by atoms with E-state index in [1.165, 1.54) is 10.4 Å². The van der Waals surface area contributed by atoms with Crippen molar-refractivity contribution in [3.63, 3.8) is 0 Å². The lowest BCUT2D eigenvalue weighted by Gasteiger charge is -2.05. The molecule has 0 saturated carbocycles. The second-order valence-electron chi connectivity index (χ2n) is 4.70. The van der Waals surface area contributed by atoms with E-state index in [4.69, 9.17) is 10.9 Å². The Bertz CT molecular complexity index is 655. The summed E-state index contributed by atoms with van der Waals surface area (Å²) in [6, 6.07) is 8.66. The number of amides is 1. The van der Waals surface area contributed by atoms with E-state index in [-0.39, 0.29) is 11.7 Å². The van der Waals surface area contributed by atoms with E-state index in [2.05, 4.69) is 30.4 Å². The quantitative estimate of drug-likeness (QED) is 0.351. The molecule has 2 rings (SSSR count). The van der Waals surface area contributed by atoms with Crippen LogP contribution < -0.4 is 11.1 Å². The Morgan fingerprint density at radius 1 is 1.29 bits per heavy atom. The molecule has 110 valence electrons. The van der Waals surface area contributed by atoms with Crippen LogP contribution in [0.2, 0.25) is 0 Å². The van der Waals surface area contributed by atoms with Gasteiger partial charge in [-0.3, -0.25) is 4.79 Å². The fourth-order valence-corrected chi connectivity index (χ4v) is 2.85. The molecule has 0 fully saturated rings. The lowest BCUT2D eigenvalue weighted by molar-refractivity contribution is 0.0951. The Balaban J connectivity index is 2.00. The largest absolute Gasteiger partial charge is 0.409 e. The van der Waals surface area contributed by atoms with Crippen molar-refractivity contribution in [1.29, 1.82) is 0 Å². The topological polar surface area (TPSA) is 87.7 Å². The van der Waals surface area contributed by atoms with Gasteiger partial charge in [0.2, 0.25) is 0 Å². The summed E-state index contributed by atoms with van der Waals surface area (Å²) in [4.78, 5) is 14.4. The first-order chi connectivity index (χ1) is 10.0. The molecule has 1 amide bonds. The van der Waals surface area contributed by atoms with Gasteiger partial charge in [0.05, 0.1) is 6.54 Å². The summed E-state index contributed by atoms with van der Waals surface area (Å²) in [5.74, 6) is -0.128. The minimum absolute atomic E-state index is 0.0199. The number of hydrogen-bond donors (Lipinski definition) is 3. The highest BCUT2D eigenvalue weighted by molar-refractivity contribution is 7.12. The predicted octanol–water partition coefficient (Wildman–Crippen LogP) is 2.39. The Morgan fingerprint density at radius 3 is 2.43 bits per heavy atom. The first kappa shape index (κ1) is 15.1. The van der Waals surface area contributed by atoms with E-state index in [1.807, 2.05) is 0 Å². The van der Waals surface area contributed by atoms with E-state index in [0.717, 1.165) is 4.88 Å². The van der Waals surface area contributed by atoms with Gasteiger partial charge in [0, 0.05) is 20.9 Å². The van der Waals surface area contributed by atoms with Crippen LogP contribution in [-0.2, 0) is 6.54 Å². The van der Waals surface area contributed by atoms with Gasteiger partial charge in [-0.05, 0) is 37.6 Å². The second-order valence-corrected chi connectivity index (χ2v) is 6.04. The summed E-state index contributed by atoms with van der Waals surface area (Å²) >= 11 is 1.69. The van der Waals surface area contributed by atoms with Crippen LogP contribution in [0.4, 0.5) is 0 Å². The summed E-state index contributed by atoms with van der Waals surface area (Å²) in [5.41, 5.74) is 7.82. The van der Waals surface area contributed by atoms with Gasteiger partial charge in [-0.1, -0.05) is 17.3 Å². The SMILES string of the molecule is Cc1cc(CNC(=O)c2ccc(C(N)=NO)cc2)sc1C. The molecule has 1 aromatic heterocycles. The molecule has 1 aromatic carbocycles. The Kier molecular flexibility index (Phi) is 4.59. The van der Waals surface area contributed by atoms with Gasteiger partial charge in [0.1, 0.15) is 0 Å². The summed E-state index contributed by atoms with van der Waals surface area (Å²) in [6.45, 7) is 4.64. The van der Waals surface area contributed by atoms with E-state index >= 15 is 0 Å². The molecule has 5 nitrogen and oxygen atoms in total. The zero-order valence-corrected chi connectivity index (χ0v) is 12.7. The average Bonchev–Trinajstić information content (AvgIpc) is 2.82. The molecule has 0 aliphatic rings. The number of rotatable bonds is 4. The van der Waals surface area contributed by atoms with Crippen molar-refractivity contribution in [2.24, 2.45) is 10.9 Å². The van der Waals surface area contributed by atoms with Crippen molar-refractivity contribution in [2.75, 3.05) is 0 Å². The Morgan fingerprint density at radius 2 is 1.90 bits per heavy atom. The molecular weight excluding hydrogens is 286 g/mol. The number of nitrogens with zero attached hydrogens (tertiary/aromatic N) is 1. The normalized spacial score (nSPS) is 11.4. The molecule has 0 radical (unpaired) electrons. The van der Waals surface area contributed by atoms with Crippen LogP contribution >= 0.6 is 11.3 Å². The molecule has 0 unspecified atom stereocenters. The zero-order chi connectivity index (χ0) is 15.4. The first-order valence-electron chi connectivity index (χ1n) is 6.43. The second kappa shape index (κ2) is 6.41. The molecule has 0 atom stereocenters. The van der Waals surface area contributed by atoms with Gasteiger partial charge in [-0.15, -0.1) is 11.3 Å². The number of oxime groups is 1. The molecule has 0 bridgehead atoms.